The minimum absolute atomic E-state index is 0.172. The van der Waals surface area contributed by atoms with Crippen LogP contribution in [0.5, 0.6) is 0 Å². The van der Waals surface area contributed by atoms with Crippen molar-refractivity contribution in [1.29, 1.82) is 0 Å². The van der Waals surface area contributed by atoms with Gasteiger partial charge in [0.15, 0.2) is 5.78 Å². The van der Waals surface area contributed by atoms with E-state index < -0.39 is 6.10 Å². The van der Waals surface area contributed by atoms with Gasteiger partial charge in [-0.15, -0.1) is 0 Å². The summed E-state index contributed by atoms with van der Waals surface area (Å²) in [5.41, 5.74) is 0.767. The third-order valence-electron chi connectivity index (χ3n) is 2.70. The molecule has 1 aliphatic carbocycles. The monoisotopic (exact) mass is 223 g/mol. The van der Waals surface area contributed by atoms with E-state index in [2.05, 4.69) is 0 Å². The molecule has 1 atom stereocenters. The number of ketones is 1. The highest BCUT2D eigenvalue weighted by atomic mass is 35.5. The van der Waals surface area contributed by atoms with Gasteiger partial charge in [0.05, 0.1) is 5.92 Å². The van der Waals surface area contributed by atoms with Gasteiger partial charge in [0.2, 0.25) is 0 Å². The van der Waals surface area contributed by atoms with Crippen LogP contribution in [0, 0.1) is 5.92 Å². The number of rotatable bonds is 1. The first-order valence-electron chi connectivity index (χ1n) is 5.03. The largest absolute Gasteiger partial charge is 0.385 e. The van der Waals surface area contributed by atoms with Crippen molar-refractivity contribution in [3.05, 3.63) is 40.8 Å². The summed E-state index contributed by atoms with van der Waals surface area (Å²) in [4.78, 5) is 11.7. The van der Waals surface area contributed by atoms with Gasteiger partial charge in [0.25, 0.3) is 0 Å². The second-order valence-electron chi connectivity index (χ2n) is 3.73. The van der Waals surface area contributed by atoms with Crippen molar-refractivity contribution in [2.75, 3.05) is 0 Å². The molecule has 1 saturated carbocycles. The molecule has 1 aromatic rings. The van der Waals surface area contributed by atoms with Crippen LogP contribution in [0.3, 0.4) is 0 Å². The number of carbonyl (C=O) groups is 1. The molecule has 1 aromatic carbocycles. The van der Waals surface area contributed by atoms with Crippen LogP contribution < -0.4 is 0 Å². The molecule has 0 aromatic heterocycles. The van der Waals surface area contributed by atoms with Crippen molar-refractivity contribution in [1.82, 2.24) is 0 Å². The Bertz CT molecular complexity index is 376. The van der Waals surface area contributed by atoms with E-state index in [0.717, 1.165) is 12.0 Å². The minimum atomic E-state index is -0.843. The van der Waals surface area contributed by atoms with Gasteiger partial charge < -0.3 is 5.11 Å². The quantitative estimate of drug-likeness (QED) is 0.794. The van der Waals surface area contributed by atoms with E-state index in [1.54, 1.807) is 6.07 Å². The molecule has 2 nitrogen and oxygen atoms in total. The summed E-state index contributed by atoms with van der Waals surface area (Å²) in [5, 5.41) is 10.1. The summed E-state index contributed by atoms with van der Waals surface area (Å²) in [5.74, 6) is 0.494. The molecule has 1 unspecified atom stereocenters. The molecule has 1 aliphatic rings. The Labute approximate surface area is 93.9 Å². The number of aliphatic hydroxyl groups is 1. The average Bonchev–Trinajstić information content (AvgIpc) is 2.23. The van der Waals surface area contributed by atoms with Gasteiger partial charge >= 0.3 is 0 Å². The molecular formula is C12H12ClO2. The van der Waals surface area contributed by atoms with Crippen LogP contribution in [-0.2, 0) is 4.79 Å². The number of carbonyl (C=O) groups excluding carboxylic acids is 1. The molecule has 0 saturated heterocycles. The lowest BCUT2D eigenvalue weighted by molar-refractivity contribution is -0.126. The molecule has 15 heavy (non-hydrogen) atoms. The minimum Gasteiger partial charge on any atom is -0.385 e. The number of Topliss-reactive ketones (excluding diaryl/α,β-unsaturated/α-hetero) is 1. The lowest BCUT2D eigenvalue weighted by Crippen LogP contribution is -2.31. The molecule has 2 rings (SSSR count). The van der Waals surface area contributed by atoms with Gasteiger partial charge in [0, 0.05) is 5.02 Å². The van der Waals surface area contributed by atoms with Crippen molar-refractivity contribution < 1.29 is 9.90 Å². The first-order chi connectivity index (χ1) is 7.20. The zero-order chi connectivity index (χ0) is 10.8. The van der Waals surface area contributed by atoms with Crippen molar-refractivity contribution in [3.63, 3.8) is 0 Å². The van der Waals surface area contributed by atoms with Gasteiger partial charge in [-0.05, 0) is 30.9 Å². The molecule has 0 heterocycles. The van der Waals surface area contributed by atoms with E-state index in [9.17, 15) is 9.90 Å². The number of hydrogen-bond acceptors (Lipinski definition) is 2. The first-order valence-corrected chi connectivity index (χ1v) is 5.41. The van der Waals surface area contributed by atoms with Crippen LogP contribution in [0.1, 0.15) is 24.8 Å². The van der Waals surface area contributed by atoms with Gasteiger partial charge in [-0.25, -0.2) is 0 Å². The summed E-state index contributed by atoms with van der Waals surface area (Å²) in [6.07, 6.45) is 1.27. The molecule has 1 radical (unpaired) electrons. The predicted molar refractivity (Wildman–Crippen MR) is 58.7 cm³/mol. The maximum atomic E-state index is 11.7. The topological polar surface area (TPSA) is 37.3 Å². The third kappa shape index (κ3) is 2.06. The van der Waals surface area contributed by atoms with Crippen molar-refractivity contribution in [2.45, 2.75) is 25.4 Å². The lowest BCUT2D eigenvalue weighted by Gasteiger charge is -2.24. The van der Waals surface area contributed by atoms with Crippen molar-refractivity contribution in [3.8, 4) is 0 Å². The van der Waals surface area contributed by atoms with Crippen molar-refractivity contribution >= 4 is 17.4 Å². The first kappa shape index (κ1) is 10.7. The number of hydrogen-bond donors (Lipinski definition) is 1. The van der Waals surface area contributed by atoms with E-state index in [1.807, 2.05) is 18.2 Å². The van der Waals surface area contributed by atoms with E-state index in [1.165, 1.54) is 0 Å². The number of aliphatic hydroxyl groups excluding tert-OH is 1. The van der Waals surface area contributed by atoms with E-state index in [4.69, 9.17) is 11.6 Å². The molecule has 0 amide bonds. The Morgan fingerprint density at radius 3 is 2.80 bits per heavy atom. The van der Waals surface area contributed by atoms with Gasteiger partial charge in [-0.2, -0.15) is 0 Å². The third-order valence-corrected chi connectivity index (χ3v) is 3.03. The highest BCUT2D eigenvalue weighted by Gasteiger charge is 2.32. The zero-order valence-electron chi connectivity index (χ0n) is 8.24. The zero-order valence-corrected chi connectivity index (χ0v) is 9.00. The molecule has 1 fully saturated rings. The fourth-order valence-electron chi connectivity index (χ4n) is 1.90. The summed E-state index contributed by atoms with van der Waals surface area (Å²) < 4.78 is 0. The lowest BCUT2D eigenvalue weighted by atomic mass is 9.81. The molecule has 79 valence electrons. The smallest absolute Gasteiger partial charge is 0.173 e. The average molecular weight is 224 g/mol. The second kappa shape index (κ2) is 4.33. The predicted octanol–water partition coefficient (Wildman–Crippen LogP) is 2.38. The van der Waals surface area contributed by atoms with Crippen LogP contribution >= 0.6 is 11.6 Å². The standard InChI is InChI=1S/C12H12ClO2/c13-10-6-2-1-4-8(10)9-5-3-7-11(14)12(9)15/h1-2,4,6,11,14H,3,5,7H2. The van der Waals surface area contributed by atoms with Crippen LogP contribution in [0.25, 0.3) is 0 Å². The van der Waals surface area contributed by atoms with Crippen LogP contribution in [0.15, 0.2) is 24.3 Å². The molecular weight excluding hydrogens is 212 g/mol. The molecule has 3 heteroatoms. The summed E-state index contributed by atoms with van der Waals surface area (Å²) >= 11 is 6.02. The molecule has 1 N–H and O–H groups in total. The molecule has 0 aliphatic heterocycles. The fraction of sp³-hybridized carbons (Fsp3) is 0.333. The highest BCUT2D eigenvalue weighted by Crippen LogP contribution is 2.33. The Morgan fingerprint density at radius 2 is 2.07 bits per heavy atom. The van der Waals surface area contributed by atoms with Crippen LogP contribution in [-0.4, -0.2) is 17.0 Å². The van der Waals surface area contributed by atoms with E-state index >= 15 is 0 Å². The van der Waals surface area contributed by atoms with E-state index in [-0.39, 0.29) is 5.78 Å². The van der Waals surface area contributed by atoms with E-state index in [0.29, 0.717) is 23.8 Å². The van der Waals surface area contributed by atoms with Crippen molar-refractivity contribution in [2.24, 2.45) is 0 Å². The number of benzene rings is 1. The van der Waals surface area contributed by atoms with Gasteiger partial charge in [0.1, 0.15) is 6.10 Å². The summed E-state index contributed by atoms with van der Waals surface area (Å²) in [6, 6.07) is 7.27. The Hall–Kier alpha value is -0.860. The highest BCUT2D eigenvalue weighted by molar-refractivity contribution is 6.32. The Morgan fingerprint density at radius 1 is 1.33 bits per heavy atom. The SMILES string of the molecule is O=C1[C](c2ccccc2Cl)CCCC1O. The van der Waals surface area contributed by atoms with Crippen LogP contribution in [0.4, 0.5) is 0 Å². The maximum Gasteiger partial charge on any atom is 0.173 e. The van der Waals surface area contributed by atoms with Gasteiger partial charge in [-0.1, -0.05) is 29.8 Å². The summed E-state index contributed by atoms with van der Waals surface area (Å²) in [7, 11) is 0. The second-order valence-corrected chi connectivity index (χ2v) is 4.14. The molecule has 0 bridgehead atoms. The Kier molecular flexibility index (Phi) is 3.08. The molecule has 0 spiro atoms. The number of halogens is 1. The Balaban J connectivity index is 2.30. The van der Waals surface area contributed by atoms with Crippen LogP contribution in [0.2, 0.25) is 5.02 Å². The van der Waals surface area contributed by atoms with Gasteiger partial charge in [-0.3, -0.25) is 4.79 Å². The summed E-state index contributed by atoms with van der Waals surface area (Å²) in [6.45, 7) is 0. The fourth-order valence-corrected chi connectivity index (χ4v) is 2.15. The normalized spacial score (nSPS) is 23.1. The maximum absolute atomic E-state index is 11.7.